The molecular formula is C16H22BrNO3. The Balaban J connectivity index is 2.24. The molecule has 21 heavy (non-hydrogen) atoms. The normalized spacial score (nSPS) is 19.5. The quantitative estimate of drug-likeness (QED) is 0.762. The van der Waals surface area contributed by atoms with E-state index in [4.69, 9.17) is 9.47 Å². The molecule has 1 aromatic carbocycles. The van der Waals surface area contributed by atoms with Crippen molar-refractivity contribution in [2.24, 2.45) is 0 Å². The van der Waals surface area contributed by atoms with Gasteiger partial charge in [0.1, 0.15) is 5.60 Å². The Hall–Kier alpha value is -1.07. The summed E-state index contributed by atoms with van der Waals surface area (Å²) in [5, 5.41) is 0. The van der Waals surface area contributed by atoms with Gasteiger partial charge in [-0.15, -0.1) is 0 Å². The second-order valence-corrected chi connectivity index (χ2v) is 7.18. The zero-order chi connectivity index (χ0) is 15.6. The number of rotatable bonds is 1. The summed E-state index contributed by atoms with van der Waals surface area (Å²) in [6.45, 7) is 9.28. The van der Waals surface area contributed by atoms with E-state index < -0.39 is 5.60 Å². The van der Waals surface area contributed by atoms with Crippen molar-refractivity contribution in [1.29, 1.82) is 0 Å². The summed E-state index contributed by atoms with van der Waals surface area (Å²) >= 11 is 3.47. The van der Waals surface area contributed by atoms with E-state index in [1.165, 1.54) is 0 Å². The summed E-state index contributed by atoms with van der Waals surface area (Å²) in [7, 11) is 0. The summed E-state index contributed by atoms with van der Waals surface area (Å²) in [6.07, 6.45) is -0.280. The molecule has 1 aromatic rings. The van der Waals surface area contributed by atoms with Crippen LogP contribution in [0, 0.1) is 6.92 Å². The topological polar surface area (TPSA) is 38.8 Å². The Bertz CT molecular complexity index is 525. The summed E-state index contributed by atoms with van der Waals surface area (Å²) in [5.41, 5.74) is 1.74. The molecule has 116 valence electrons. The number of hydrogen-bond donors (Lipinski definition) is 0. The van der Waals surface area contributed by atoms with Crippen LogP contribution < -0.4 is 0 Å². The molecule has 0 aliphatic carbocycles. The van der Waals surface area contributed by atoms with E-state index in [2.05, 4.69) is 22.0 Å². The van der Waals surface area contributed by atoms with Gasteiger partial charge in [-0.05, 0) is 51.0 Å². The van der Waals surface area contributed by atoms with Crippen LogP contribution in [0.3, 0.4) is 0 Å². The summed E-state index contributed by atoms with van der Waals surface area (Å²) < 4.78 is 12.1. The SMILES string of the molecule is Cc1cc(Br)ccc1C1COCCN1C(=O)OC(C)(C)C. The highest BCUT2D eigenvalue weighted by atomic mass is 79.9. The van der Waals surface area contributed by atoms with Gasteiger partial charge in [0.25, 0.3) is 0 Å². The fraction of sp³-hybridized carbons (Fsp3) is 0.562. The first-order chi connectivity index (χ1) is 9.78. The maximum Gasteiger partial charge on any atom is 0.410 e. The van der Waals surface area contributed by atoms with Crippen molar-refractivity contribution >= 4 is 22.0 Å². The lowest BCUT2D eigenvalue weighted by Crippen LogP contribution is -2.45. The number of carbonyl (C=O) groups is 1. The van der Waals surface area contributed by atoms with E-state index >= 15 is 0 Å². The lowest BCUT2D eigenvalue weighted by molar-refractivity contribution is -0.0332. The average molecular weight is 356 g/mol. The molecule has 0 aromatic heterocycles. The molecular weight excluding hydrogens is 334 g/mol. The molecule has 1 atom stereocenters. The molecule has 1 saturated heterocycles. The molecule has 0 radical (unpaired) electrons. The zero-order valence-corrected chi connectivity index (χ0v) is 14.6. The first kappa shape index (κ1) is 16.3. The Morgan fingerprint density at radius 1 is 1.43 bits per heavy atom. The van der Waals surface area contributed by atoms with Crippen LogP contribution in [0.1, 0.15) is 37.9 Å². The minimum Gasteiger partial charge on any atom is -0.444 e. The van der Waals surface area contributed by atoms with Gasteiger partial charge in [-0.1, -0.05) is 22.0 Å². The fourth-order valence-electron chi connectivity index (χ4n) is 2.41. The lowest BCUT2D eigenvalue weighted by Gasteiger charge is -2.37. The molecule has 1 heterocycles. The first-order valence-corrected chi connectivity index (χ1v) is 7.90. The molecule has 0 spiro atoms. The minimum atomic E-state index is -0.491. The largest absolute Gasteiger partial charge is 0.444 e. The van der Waals surface area contributed by atoms with Crippen LogP contribution in [0.4, 0.5) is 4.79 Å². The smallest absolute Gasteiger partial charge is 0.410 e. The maximum absolute atomic E-state index is 12.4. The van der Waals surface area contributed by atoms with Crippen LogP contribution in [0.2, 0.25) is 0 Å². The van der Waals surface area contributed by atoms with Gasteiger partial charge in [0.05, 0.1) is 19.3 Å². The fourth-order valence-corrected chi connectivity index (χ4v) is 2.89. The van der Waals surface area contributed by atoms with E-state index in [0.29, 0.717) is 19.8 Å². The minimum absolute atomic E-state index is 0.0956. The van der Waals surface area contributed by atoms with Crippen LogP contribution in [0.5, 0.6) is 0 Å². The number of nitrogens with zero attached hydrogens (tertiary/aromatic N) is 1. The van der Waals surface area contributed by atoms with Gasteiger partial charge in [0, 0.05) is 11.0 Å². The lowest BCUT2D eigenvalue weighted by atomic mass is 10.00. The van der Waals surface area contributed by atoms with E-state index in [1.807, 2.05) is 39.8 Å². The van der Waals surface area contributed by atoms with Crippen molar-refractivity contribution in [3.63, 3.8) is 0 Å². The van der Waals surface area contributed by atoms with Crippen molar-refractivity contribution in [2.75, 3.05) is 19.8 Å². The highest BCUT2D eigenvalue weighted by molar-refractivity contribution is 9.10. The van der Waals surface area contributed by atoms with E-state index in [-0.39, 0.29) is 12.1 Å². The van der Waals surface area contributed by atoms with E-state index in [0.717, 1.165) is 15.6 Å². The Morgan fingerprint density at radius 3 is 2.76 bits per heavy atom. The molecule has 0 bridgehead atoms. The highest BCUT2D eigenvalue weighted by Crippen LogP contribution is 2.29. The van der Waals surface area contributed by atoms with Gasteiger partial charge in [0.2, 0.25) is 0 Å². The molecule has 4 nitrogen and oxygen atoms in total. The third-order valence-corrected chi connectivity index (χ3v) is 3.84. The second-order valence-electron chi connectivity index (χ2n) is 6.27. The summed E-state index contributed by atoms with van der Waals surface area (Å²) in [5.74, 6) is 0. The number of halogens is 1. The van der Waals surface area contributed by atoms with Crippen LogP contribution >= 0.6 is 15.9 Å². The molecule has 1 aliphatic rings. The molecule has 0 N–H and O–H groups in total. The number of hydrogen-bond acceptors (Lipinski definition) is 3. The predicted octanol–water partition coefficient (Wildman–Crippen LogP) is 4.07. The van der Waals surface area contributed by atoms with Gasteiger partial charge in [-0.2, -0.15) is 0 Å². The van der Waals surface area contributed by atoms with Gasteiger partial charge < -0.3 is 9.47 Å². The average Bonchev–Trinajstić information content (AvgIpc) is 2.37. The number of carbonyl (C=O) groups excluding carboxylic acids is 1. The van der Waals surface area contributed by atoms with Crippen LogP contribution in [0.25, 0.3) is 0 Å². The van der Waals surface area contributed by atoms with Crippen molar-refractivity contribution in [3.8, 4) is 0 Å². The Morgan fingerprint density at radius 2 is 2.14 bits per heavy atom. The molecule has 1 fully saturated rings. The summed E-state index contributed by atoms with van der Waals surface area (Å²) in [4.78, 5) is 14.2. The molecule has 1 amide bonds. The van der Waals surface area contributed by atoms with Gasteiger partial charge in [-0.3, -0.25) is 4.90 Å². The standard InChI is InChI=1S/C16H22BrNO3/c1-11-9-12(17)5-6-13(11)14-10-20-8-7-18(14)15(19)21-16(2,3)4/h5-6,9,14H,7-8,10H2,1-4H3. The zero-order valence-electron chi connectivity index (χ0n) is 13.0. The number of amides is 1. The number of ether oxygens (including phenoxy) is 2. The van der Waals surface area contributed by atoms with E-state index in [9.17, 15) is 4.79 Å². The maximum atomic E-state index is 12.4. The Kier molecular flexibility index (Phi) is 4.94. The third kappa shape index (κ3) is 4.20. The predicted molar refractivity (Wildman–Crippen MR) is 85.4 cm³/mol. The molecule has 5 heteroatoms. The van der Waals surface area contributed by atoms with Gasteiger partial charge in [0.15, 0.2) is 0 Å². The number of benzene rings is 1. The van der Waals surface area contributed by atoms with Crippen molar-refractivity contribution in [3.05, 3.63) is 33.8 Å². The van der Waals surface area contributed by atoms with Gasteiger partial charge >= 0.3 is 6.09 Å². The second kappa shape index (κ2) is 6.36. The number of aryl methyl sites for hydroxylation is 1. The molecule has 2 rings (SSSR count). The highest BCUT2D eigenvalue weighted by Gasteiger charge is 2.32. The van der Waals surface area contributed by atoms with Crippen LogP contribution in [0.15, 0.2) is 22.7 Å². The third-order valence-electron chi connectivity index (χ3n) is 3.35. The van der Waals surface area contributed by atoms with E-state index in [1.54, 1.807) is 4.90 Å². The monoisotopic (exact) mass is 355 g/mol. The molecule has 1 aliphatic heterocycles. The van der Waals surface area contributed by atoms with Gasteiger partial charge in [-0.25, -0.2) is 4.79 Å². The van der Waals surface area contributed by atoms with Crippen molar-refractivity contribution in [1.82, 2.24) is 4.90 Å². The molecule has 0 saturated carbocycles. The van der Waals surface area contributed by atoms with Crippen LogP contribution in [-0.4, -0.2) is 36.4 Å². The first-order valence-electron chi connectivity index (χ1n) is 7.11. The molecule has 1 unspecified atom stereocenters. The van der Waals surface area contributed by atoms with Crippen molar-refractivity contribution in [2.45, 2.75) is 39.3 Å². The van der Waals surface area contributed by atoms with Crippen LogP contribution in [-0.2, 0) is 9.47 Å². The number of morpholine rings is 1. The summed E-state index contributed by atoms with van der Waals surface area (Å²) in [6, 6.07) is 5.99. The Labute approximate surface area is 134 Å². The van der Waals surface area contributed by atoms with Crippen molar-refractivity contribution < 1.29 is 14.3 Å².